The first-order valence-corrected chi connectivity index (χ1v) is 13.0. The van der Waals surface area contributed by atoms with E-state index in [4.69, 9.17) is 27.9 Å². The molecule has 1 aromatic heterocycles. The van der Waals surface area contributed by atoms with Gasteiger partial charge in [0.25, 0.3) is 5.91 Å². The van der Waals surface area contributed by atoms with Crippen LogP contribution in [0.2, 0.25) is 10.0 Å². The van der Waals surface area contributed by atoms with Gasteiger partial charge in [0.2, 0.25) is 0 Å². The summed E-state index contributed by atoms with van der Waals surface area (Å²) >= 11 is 12.2. The summed E-state index contributed by atoms with van der Waals surface area (Å²) in [7, 11) is 0. The molecule has 1 atom stereocenters. The summed E-state index contributed by atoms with van der Waals surface area (Å²) in [6.45, 7) is 0.641. The number of carbonyl (C=O) groups excluding carboxylic acids is 1. The maximum absolute atomic E-state index is 12.6. The largest absolute Gasteiger partial charge is 0.493 e. The van der Waals surface area contributed by atoms with Crippen LogP contribution in [-0.2, 0) is 11.2 Å². The second kappa shape index (κ2) is 12.8. The quantitative estimate of drug-likeness (QED) is 0.297. The lowest BCUT2D eigenvalue weighted by atomic mass is 9.86. The molecule has 3 aromatic rings. The molecule has 1 saturated carbocycles. The van der Waals surface area contributed by atoms with Gasteiger partial charge in [0.05, 0.1) is 22.2 Å². The molecular formula is C28H29Cl2N3O4. The van der Waals surface area contributed by atoms with Gasteiger partial charge in [-0.05, 0) is 73.6 Å². The van der Waals surface area contributed by atoms with E-state index < -0.39 is 17.9 Å². The van der Waals surface area contributed by atoms with Gasteiger partial charge in [-0.2, -0.15) is 0 Å². The van der Waals surface area contributed by atoms with Crippen LogP contribution in [0.25, 0.3) is 0 Å². The van der Waals surface area contributed by atoms with Gasteiger partial charge in [0, 0.05) is 18.7 Å². The SMILES string of the molecule is O=C(N[C@@H](Cc1ccc(OCC2CCC(Nc3ccccn3)CC2)cc1)C(=O)O)c1c(Cl)cccc1Cl. The van der Waals surface area contributed by atoms with E-state index in [1.165, 1.54) is 12.1 Å². The van der Waals surface area contributed by atoms with Crippen molar-refractivity contribution < 1.29 is 19.4 Å². The molecule has 4 rings (SSSR count). The standard InChI is InChI=1S/C28H29Cl2N3O4/c29-22-4-3-5-23(30)26(22)27(34)33-24(28(35)36)16-18-9-13-21(14-10-18)37-17-19-7-11-20(12-8-19)32-25-6-1-2-15-31-25/h1-6,9-10,13-15,19-20,24H,7-8,11-12,16-17H2,(H,31,32)(H,33,34)(H,35,36)/t19?,20?,24-/m0/s1. The predicted molar refractivity (Wildman–Crippen MR) is 145 cm³/mol. The fourth-order valence-corrected chi connectivity index (χ4v) is 5.02. The average Bonchev–Trinajstić information content (AvgIpc) is 2.89. The number of ether oxygens (including phenoxy) is 1. The Hall–Kier alpha value is -3.29. The summed E-state index contributed by atoms with van der Waals surface area (Å²) in [5.41, 5.74) is 0.814. The molecule has 1 heterocycles. The van der Waals surface area contributed by atoms with Gasteiger partial charge < -0.3 is 20.5 Å². The molecule has 0 spiro atoms. The molecule has 0 aliphatic heterocycles. The molecule has 0 radical (unpaired) electrons. The number of benzene rings is 2. The second-order valence-corrected chi connectivity index (χ2v) is 10.0. The highest BCUT2D eigenvalue weighted by Crippen LogP contribution is 2.27. The first-order valence-electron chi connectivity index (χ1n) is 12.3. The van der Waals surface area contributed by atoms with Crippen LogP contribution in [0, 0.1) is 5.92 Å². The van der Waals surface area contributed by atoms with Gasteiger partial charge in [-0.15, -0.1) is 0 Å². The zero-order valence-electron chi connectivity index (χ0n) is 20.2. The van der Waals surface area contributed by atoms with Crippen molar-refractivity contribution in [3.63, 3.8) is 0 Å². The van der Waals surface area contributed by atoms with E-state index in [2.05, 4.69) is 15.6 Å². The molecule has 1 aliphatic rings. The summed E-state index contributed by atoms with van der Waals surface area (Å²) in [5.74, 6) is 0.360. The third-order valence-corrected chi connectivity index (χ3v) is 7.14. The lowest BCUT2D eigenvalue weighted by molar-refractivity contribution is -0.139. The summed E-state index contributed by atoms with van der Waals surface area (Å²) in [4.78, 5) is 28.8. The highest BCUT2D eigenvalue weighted by Gasteiger charge is 2.24. The molecule has 7 nitrogen and oxygen atoms in total. The number of hydrogen-bond acceptors (Lipinski definition) is 5. The molecule has 0 saturated heterocycles. The van der Waals surface area contributed by atoms with Gasteiger partial charge in [-0.3, -0.25) is 4.79 Å². The Kier molecular flexibility index (Phi) is 9.25. The highest BCUT2D eigenvalue weighted by molar-refractivity contribution is 6.39. The number of carbonyl (C=O) groups is 2. The van der Waals surface area contributed by atoms with Gasteiger partial charge in [-0.1, -0.05) is 47.5 Å². The van der Waals surface area contributed by atoms with Crippen molar-refractivity contribution in [1.82, 2.24) is 10.3 Å². The number of aliphatic carboxylic acids is 1. The van der Waals surface area contributed by atoms with Crippen LogP contribution < -0.4 is 15.4 Å². The molecule has 194 valence electrons. The normalized spacial score (nSPS) is 18.0. The van der Waals surface area contributed by atoms with Crippen LogP contribution in [0.3, 0.4) is 0 Å². The Bertz CT molecular complexity index is 1180. The van der Waals surface area contributed by atoms with Crippen molar-refractivity contribution in [2.45, 2.75) is 44.2 Å². The van der Waals surface area contributed by atoms with Crippen LogP contribution in [-0.4, -0.2) is 40.7 Å². The Morgan fingerprint density at radius 3 is 2.30 bits per heavy atom. The monoisotopic (exact) mass is 541 g/mol. The molecule has 0 bridgehead atoms. The van der Waals surface area contributed by atoms with E-state index >= 15 is 0 Å². The number of amides is 1. The minimum Gasteiger partial charge on any atom is -0.493 e. The molecule has 1 fully saturated rings. The Morgan fingerprint density at radius 1 is 0.973 bits per heavy atom. The van der Waals surface area contributed by atoms with Gasteiger partial charge in [-0.25, -0.2) is 9.78 Å². The Morgan fingerprint density at radius 2 is 1.68 bits per heavy atom. The third-order valence-electron chi connectivity index (χ3n) is 6.51. The van der Waals surface area contributed by atoms with Crippen LogP contribution in [0.5, 0.6) is 5.75 Å². The number of nitrogens with zero attached hydrogens (tertiary/aromatic N) is 1. The van der Waals surface area contributed by atoms with Crippen molar-refractivity contribution >= 4 is 40.9 Å². The molecular weight excluding hydrogens is 513 g/mol. The summed E-state index contributed by atoms with van der Waals surface area (Å²) in [5, 5.41) is 16.0. The van der Waals surface area contributed by atoms with E-state index in [0.717, 1.165) is 42.8 Å². The van der Waals surface area contributed by atoms with Crippen LogP contribution >= 0.6 is 23.2 Å². The lowest BCUT2D eigenvalue weighted by Crippen LogP contribution is -2.42. The number of carboxylic acids is 1. The lowest BCUT2D eigenvalue weighted by Gasteiger charge is -2.29. The van der Waals surface area contributed by atoms with Crippen molar-refractivity contribution in [3.05, 3.63) is 88.0 Å². The van der Waals surface area contributed by atoms with E-state index in [-0.39, 0.29) is 22.0 Å². The maximum atomic E-state index is 12.6. The van der Waals surface area contributed by atoms with Gasteiger partial charge >= 0.3 is 5.97 Å². The number of halogens is 2. The minimum atomic E-state index is -1.15. The zero-order valence-corrected chi connectivity index (χ0v) is 21.7. The smallest absolute Gasteiger partial charge is 0.326 e. The number of rotatable bonds is 10. The Labute approximate surface area is 226 Å². The summed E-state index contributed by atoms with van der Waals surface area (Å²) in [6, 6.07) is 17.1. The summed E-state index contributed by atoms with van der Waals surface area (Å²) < 4.78 is 6.01. The molecule has 9 heteroatoms. The number of pyridine rings is 1. The topological polar surface area (TPSA) is 101 Å². The minimum absolute atomic E-state index is 0.0578. The van der Waals surface area contributed by atoms with Crippen LogP contribution in [0.1, 0.15) is 41.6 Å². The van der Waals surface area contributed by atoms with Crippen LogP contribution in [0.4, 0.5) is 5.82 Å². The van der Waals surface area contributed by atoms with Gasteiger partial charge in [0.1, 0.15) is 17.6 Å². The first kappa shape index (κ1) is 26.8. The predicted octanol–water partition coefficient (Wildman–Crippen LogP) is 5.86. The van der Waals surface area contributed by atoms with Crippen molar-refractivity contribution in [1.29, 1.82) is 0 Å². The molecule has 2 aromatic carbocycles. The number of aromatic nitrogens is 1. The van der Waals surface area contributed by atoms with Crippen LogP contribution in [0.15, 0.2) is 66.9 Å². The number of nitrogens with one attached hydrogen (secondary N) is 2. The van der Waals surface area contributed by atoms with E-state index in [0.29, 0.717) is 18.6 Å². The van der Waals surface area contributed by atoms with Crippen molar-refractivity contribution in [2.24, 2.45) is 5.92 Å². The number of carboxylic acid groups (broad SMARTS) is 1. The van der Waals surface area contributed by atoms with E-state index in [9.17, 15) is 14.7 Å². The molecule has 1 aliphatic carbocycles. The average molecular weight is 542 g/mol. The van der Waals surface area contributed by atoms with E-state index in [1.54, 1.807) is 12.3 Å². The number of anilines is 1. The number of hydrogen-bond donors (Lipinski definition) is 3. The molecule has 37 heavy (non-hydrogen) atoms. The Balaban J connectivity index is 1.25. The second-order valence-electron chi connectivity index (χ2n) is 9.20. The van der Waals surface area contributed by atoms with Gasteiger partial charge in [0.15, 0.2) is 0 Å². The maximum Gasteiger partial charge on any atom is 0.326 e. The highest BCUT2D eigenvalue weighted by atomic mass is 35.5. The molecule has 0 unspecified atom stereocenters. The third kappa shape index (κ3) is 7.60. The molecule has 1 amide bonds. The zero-order chi connectivity index (χ0) is 26.2. The van der Waals surface area contributed by atoms with Crippen molar-refractivity contribution in [3.8, 4) is 5.75 Å². The fourth-order valence-electron chi connectivity index (χ4n) is 4.45. The van der Waals surface area contributed by atoms with Crippen molar-refractivity contribution in [2.75, 3.05) is 11.9 Å². The molecule has 3 N–H and O–H groups in total. The fraction of sp³-hybridized carbons (Fsp3) is 0.321. The summed E-state index contributed by atoms with van der Waals surface area (Å²) in [6.07, 6.45) is 6.21. The van der Waals surface area contributed by atoms with E-state index in [1.807, 2.05) is 42.5 Å². The first-order chi connectivity index (χ1) is 17.9.